The van der Waals surface area contributed by atoms with Crippen LogP contribution in [0.3, 0.4) is 0 Å². The van der Waals surface area contributed by atoms with Gasteiger partial charge in [-0.25, -0.2) is 13.8 Å². The average molecular weight is 278 g/mol. The molecule has 4 nitrogen and oxygen atoms in total. The van der Waals surface area contributed by atoms with Crippen molar-refractivity contribution in [3.8, 4) is 0 Å². The van der Waals surface area contributed by atoms with E-state index in [0.29, 0.717) is 17.8 Å². The third-order valence-corrected chi connectivity index (χ3v) is 3.86. The van der Waals surface area contributed by atoms with Crippen LogP contribution in [0.15, 0.2) is 23.1 Å². The quantitative estimate of drug-likeness (QED) is 0.849. The smallest absolute Gasteiger partial charge is 0.147 e. The SMILES string of the molecule is CCC1=C(c2cc(F)c(N3CCCC3)cc2F)N1N=N. The summed E-state index contributed by atoms with van der Waals surface area (Å²) in [5.41, 5.74) is 8.84. The molecule has 6 heteroatoms. The maximum atomic E-state index is 14.2. The van der Waals surface area contributed by atoms with Gasteiger partial charge in [-0.15, -0.1) is 0 Å². The number of nitrogens with one attached hydrogen (secondary N) is 1. The normalized spacial score (nSPS) is 17.9. The second-order valence-corrected chi connectivity index (χ2v) is 5.04. The van der Waals surface area contributed by atoms with Gasteiger partial charge < -0.3 is 4.90 Å². The molecule has 2 aliphatic rings. The highest BCUT2D eigenvalue weighted by molar-refractivity contribution is 5.80. The van der Waals surface area contributed by atoms with E-state index >= 15 is 0 Å². The van der Waals surface area contributed by atoms with Crippen LogP contribution in [0.2, 0.25) is 0 Å². The maximum absolute atomic E-state index is 14.2. The molecule has 20 heavy (non-hydrogen) atoms. The summed E-state index contributed by atoms with van der Waals surface area (Å²) in [6.07, 6.45) is 2.67. The van der Waals surface area contributed by atoms with Crippen LogP contribution in [-0.4, -0.2) is 18.1 Å². The van der Waals surface area contributed by atoms with Gasteiger partial charge in [-0.05, 0) is 25.3 Å². The second kappa shape index (κ2) is 4.85. The molecule has 0 saturated carbocycles. The number of halogens is 2. The lowest BCUT2D eigenvalue weighted by Gasteiger charge is -2.19. The first-order chi connectivity index (χ1) is 9.67. The van der Waals surface area contributed by atoms with E-state index in [-0.39, 0.29) is 5.56 Å². The van der Waals surface area contributed by atoms with E-state index in [1.807, 2.05) is 11.8 Å². The molecule has 2 aliphatic heterocycles. The van der Waals surface area contributed by atoms with Crippen molar-refractivity contribution in [2.75, 3.05) is 18.0 Å². The maximum Gasteiger partial charge on any atom is 0.147 e. The minimum atomic E-state index is -0.458. The van der Waals surface area contributed by atoms with Crippen LogP contribution in [0.4, 0.5) is 14.5 Å². The number of allylic oxidation sites excluding steroid dienone is 1. The summed E-state index contributed by atoms with van der Waals surface area (Å²) in [6, 6.07) is 2.48. The molecule has 1 aromatic carbocycles. The summed E-state index contributed by atoms with van der Waals surface area (Å²) in [4.78, 5) is 1.87. The van der Waals surface area contributed by atoms with Crippen molar-refractivity contribution in [1.82, 2.24) is 5.01 Å². The number of rotatable bonds is 4. The van der Waals surface area contributed by atoms with E-state index < -0.39 is 11.6 Å². The third kappa shape index (κ3) is 1.95. The molecule has 3 rings (SSSR count). The van der Waals surface area contributed by atoms with Crippen LogP contribution in [0.1, 0.15) is 31.7 Å². The van der Waals surface area contributed by atoms with Crippen LogP contribution in [-0.2, 0) is 0 Å². The number of benzene rings is 1. The Morgan fingerprint density at radius 2 is 1.90 bits per heavy atom. The summed E-state index contributed by atoms with van der Waals surface area (Å²) in [7, 11) is 0. The molecule has 1 N–H and O–H groups in total. The largest absolute Gasteiger partial charge is 0.369 e. The van der Waals surface area contributed by atoms with E-state index in [4.69, 9.17) is 5.53 Å². The topological polar surface area (TPSA) is 42.5 Å². The van der Waals surface area contributed by atoms with Crippen molar-refractivity contribution in [3.63, 3.8) is 0 Å². The van der Waals surface area contributed by atoms with Gasteiger partial charge in [-0.2, -0.15) is 5.53 Å². The minimum absolute atomic E-state index is 0.193. The predicted octanol–water partition coefficient (Wildman–Crippen LogP) is 3.91. The van der Waals surface area contributed by atoms with Crippen LogP contribution < -0.4 is 4.90 Å². The van der Waals surface area contributed by atoms with Gasteiger partial charge in [0.25, 0.3) is 0 Å². The molecule has 0 spiro atoms. The van der Waals surface area contributed by atoms with Gasteiger partial charge in [-0.1, -0.05) is 12.1 Å². The van der Waals surface area contributed by atoms with E-state index in [9.17, 15) is 8.78 Å². The summed E-state index contributed by atoms with van der Waals surface area (Å²) in [5, 5.41) is 4.63. The first kappa shape index (κ1) is 13.0. The van der Waals surface area contributed by atoms with Gasteiger partial charge >= 0.3 is 0 Å². The third-order valence-electron chi connectivity index (χ3n) is 3.86. The lowest BCUT2D eigenvalue weighted by atomic mass is 10.1. The molecule has 0 amide bonds. The second-order valence-electron chi connectivity index (χ2n) is 5.04. The Kier molecular flexibility index (Phi) is 3.16. The van der Waals surface area contributed by atoms with Crippen molar-refractivity contribution in [3.05, 3.63) is 35.0 Å². The highest BCUT2D eigenvalue weighted by Crippen LogP contribution is 2.44. The molecular formula is C14H16F2N4. The number of anilines is 1. The Morgan fingerprint density at radius 1 is 1.20 bits per heavy atom. The molecule has 1 saturated heterocycles. The molecule has 0 radical (unpaired) electrons. The summed E-state index contributed by atoms with van der Waals surface area (Å²) >= 11 is 0. The van der Waals surface area contributed by atoms with Gasteiger partial charge in [0.1, 0.15) is 11.6 Å². The van der Waals surface area contributed by atoms with Crippen molar-refractivity contribution in [2.24, 2.45) is 5.22 Å². The highest BCUT2D eigenvalue weighted by Gasteiger charge is 2.36. The van der Waals surface area contributed by atoms with Crippen LogP contribution in [0.25, 0.3) is 5.70 Å². The fraction of sp³-hybridized carbons (Fsp3) is 0.429. The molecule has 0 aromatic heterocycles. The van der Waals surface area contributed by atoms with Crippen LogP contribution >= 0.6 is 0 Å². The first-order valence-corrected chi connectivity index (χ1v) is 6.82. The molecule has 0 bridgehead atoms. The fourth-order valence-corrected chi connectivity index (χ4v) is 2.81. The minimum Gasteiger partial charge on any atom is -0.369 e. The van der Waals surface area contributed by atoms with Crippen LogP contribution in [0, 0.1) is 17.2 Å². The molecule has 1 fully saturated rings. The predicted molar refractivity (Wildman–Crippen MR) is 72.0 cm³/mol. The Balaban J connectivity index is 1.96. The zero-order valence-electron chi connectivity index (χ0n) is 11.3. The molecule has 0 unspecified atom stereocenters. The number of nitrogens with zero attached hydrogens (tertiary/aromatic N) is 3. The van der Waals surface area contributed by atoms with Gasteiger partial charge in [0.15, 0.2) is 0 Å². The fourth-order valence-electron chi connectivity index (χ4n) is 2.81. The summed E-state index contributed by atoms with van der Waals surface area (Å²) in [5.74, 6) is -0.872. The van der Waals surface area contributed by atoms with Gasteiger partial charge in [-0.3, -0.25) is 0 Å². The molecular weight excluding hydrogens is 262 g/mol. The van der Waals surface area contributed by atoms with Crippen molar-refractivity contribution in [2.45, 2.75) is 26.2 Å². The Bertz CT molecular complexity index is 591. The van der Waals surface area contributed by atoms with E-state index in [1.165, 1.54) is 17.1 Å². The first-order valence-electron chi connectivity index (χ1n) is 6.82. The van der Waals surface area contributed by atoms with Crippen LogP contribution in [0.5, 0.6) is 0 Å². The van der Waals surface area contributed by atoms with Crippen molar-refractivity contribution >= 4 is 11.4 Å². The monoisotopic (exact) mass is 278 g/mol. The Morgan fingerprint density at radius 3 is 2.45 bits per heavy atom. The van der Waals surface area contributed by atoms with E-state index in [2.05, 4.69) is 5.22 Å². The van der Waals surface area contributed by atoms with Gasteiger partial charge in [0.05, 0.1) is 17.1 Å². The summed E-state index contributed by atoms with van der Waals surface area (Å²) in [6.45, 7) is 3.44. The molecule has 106 valence electrons. The Labute approximate surface area is 116 Å². The number of hydrogen-bond donors (Lipinski definition) is 1. The van der Waals surface area contributed by atoms with Gasteiger partial charge in [0.2, 0.25) is 0 Å². The van der Waals surface area contributed by atoms with Crippen molar-refractivity contribution in [1.29, 1.82) is 5.53 Å². The molecule has 0 aliphatic carbocycles. The lowest BCUT2D eigenvalue weighted by Crippen LogP contribution is -2.19. The number of hydrogen-bond acceptors (Lipinski definition) is 3. The summed E-state index contributed by atoms with van der Waals surface area (Å²) < 4.78 is 28.4. The lowest BCUT2D eigenvalue weighted by molar-refractivity contribution is 0.550. The standard InChI is InChI=1S/C14H16F2N4/c1-2-12-14(20(12)18-17)9-7-11(16)13(8-10(9)15)19-5-3-4-6-19/h7-8,17H,2-6H2,1H3. The molecule has 1 aromatic rings. The van der Waals surface area contributed by atoms with Crippen molar-refractivity contribution < 1.29 is 8.78 Å². The molecule has 2 heterocycles. The van der Waals surface area contributed by atoms with E-state index in [1.54, 1.807) is 0 Å². The zero-order valence-corrected chi connectivity index (χ0v) is 11.3. The highest BCUT2D eigenvalue weighted by atomic mass is 19.1. The average Bonchev–Trinajstić information content (AvgIpc) is 2.88. The van der Waals surface area contributed by atoms with Gasteiger partial charge in [0, 0.05) is 24.7 Å². The zero-order chi connectivity index (χ0) is 14.3. The Hall–Kier alpha value is -1.98. The van der Waals surface area contributed by atoms with E-state index in [0.717, 1.165) is 31.6 Å². The molecule has 0 atom stereocenters.